The van der Waals surface area contributed by atoms with Crippen molar-refractivity contribution in [3.05, 3.63) is 35.5 Å². The van der Waals surface area contributed by atoms with Gasteiger partial charge in [-0.15, -0.1) is 0 Å². The molecule has 1 aromatic heterocycles. The number of benzene rings is 1. The Labute approximate surface area is 153 Å². The van der Waals surface area contributed by atoms with Crippen LogP contribution in [0.2, 0.25) is 0 Å². The number of para-hydroxylation sites is 1. The summed E-state index contributed by atoms with van der Waals surface area (Å²) in [5.74, 6) is -0.136. The van der Waals surface area contributed by atoms with Crippen molar-refractivity contribution in [2.24, 2.45) is 5.92 Å². The van der Waals surface area contributed by atoms with Crippen molar-refractivity contribution in [2.75, 3.05) is 6.54 Å². The Morgan fingerprint density at radius 2 is 1.96 bits per heavy atom. The van der Waals surface area contributed by atoms with Crippen LogP contribution in [-0.2, 0) is 22.4 Å². The topological polar surface area (TPSA) is 94.2 Å². The van der Waals surface area contributed by atoms with Crippen LogP contribution in [0.5, 0.6) is 0 Å². The number of amides is 2. The standard InChI is InChI=1S/C20H27N3O3/c24-19(23-26)9-3-1-2-6-12-21-20(25)14-10-11-18-16(13-14)15-7-4-5-8-17(15)22-18/h4-5,7-8,14,22,26H,1-3,6,9-13H2,(H,21,25)(H,23,24). The van der Waals surface area contributed by atoms with E-state index in [1.165, 1.54) is 16.6 Å². The van der Waals surface area contributed by atoms with Crippen LogP contribution in [-0.4, -0.2) is 28.6 Å². The molecule has 0 fully saturated rings. The molecule has 0 aliphatic heterocycles. The van der Waals surface area contributed by atoms with Gasteiger partial charge in [-0.05, 0) is 43.7 Å². The highest BCUT2D eigenvalue weighted by Crippen LogP contribution is 2.31. The van der Waals surface area contributed by atoms with Gasteiger partial charge in [-0.1, -0.05) is 31.0 Å². The van der Waals surface area contributed by atoms with E-state index >= 15 is 0 Å². The molecule has 1 aromatic carbocycles. The van der Waals surface area contributed by atoms with Crippen molar-refractivity contribution < 1.29 is 14.8 Å². The molecule has 26 heavy (non-hydrogen) atoms. The second kappa shape index (κ2) is 8.85. The van der Waals surface area contributed by atoms with Gasteiger partial charge in [-0.3, -0.25) is 14.8 Å². The molecule has 0 saturated heterocycles. The van der Waals surface area contributed by atoms with Crippen molar-refractivity contribution >= 4 is 22.7 Å². The van der Waals surface area contributed by atoms with Crippen LogP contribution in [0.1, 0.15) is 49.8 Å². The first-order valence-corrected chi connectivity index (χ1v) is 9.48. The average molecular weight is 357 g/mol. The smallest absolute Gasteiger partial charge is 0.243 e. The maximum absolute atomic E-state index is 12.5. The van der Waals surface area contributed by atoms with Crippen LogP contribution < -0.4 is 10.8 Å². The predicted octanol–water partition coefficient (Wildman–Crippen LogP) is 2.84. The predicted molar refractivity (Wildman–Crippen MR) is 99.8 cm³/mol. The molecule has 4 N–H and O–H groups in total. The van der Waals surface area contributed by atoms with Crippen LogP contribution in [0.4, 0.5) is 0 Å². The molecule has 140 valence electrons. The minimum Gasteiger partial charge on any atom is -0.358 e. The number of aromatic nitrogens is 1. The Kier molecular flexibility index (Phi) is 6.28. The van der Waals surface area contributed by atoms with E-state index < -0.39 is 0 Å². The lowest BCUT2D eigenvalue weighted by Crippen LogP contribution is -2.34. The lowest BCUT2D eigenvalue weighted by atomic mass is 9.86. The zero-order chi connectivity index (χ0) is 18.4. The fourth-order valence-corrected chi connectivity index (χ4v) is 3.77. The minimum absolute atomic E-state index is 0.0509. The van der Waals surface area contributed by atoms with Gasteiger partial charge in [0.15, 0.2) is 0 Å². The van der Waals surface area contributed by atoms with Crippen molar-refractivity contribution in [3.8, 4) is 0 Å². The number of carbonyl (C=O) groups excluding carboxylic acids is 2. The number of H-pyrrole nitrogens is 1. The second-order valence-electron chi connectivity index (χ2n) is 7.06. The van der Waals surface area contributed by atoms with E-state index in [-0.39, 0.29) is 17.7 Å². The van der Waals surface area contributed by atoms with Gasteiger partial charge >= 0.3 is 0 Å². The quantitative estimate of drug-likeness (QED) is 0.332. The molecule has 1 atom stereocenters. The Balaban J connectivity index is 1.40. The third-order valence-corrected chi connectivity index (χ3v) is 5.22. The van der Waals surface area contributed by atoms with Gasteiger partial charge in [0.1, 0.15) is 0 Å². The number of hydroxylamine groups is 1. The number of rotatable bonds is 8. The molecule has 1 heterocycles. The lowest BCUT2D eigenvalue weighted by molar-refractivity contribution is -0.129. The fourth-order valence-electron chi connectivity index (χ4n) is 3.77. The summed E-state index contributed by atoms with van der Waals surface area (Å²) >= 11 is 0. The monoisotopic (exact) mass is 357 g/mol. The molecule has 2 amide bonds. The van der Waals surface area contributed by atoms with E-state index in [4.69, 9.17) is 5.21 Å². The van der Waals surface area contributed by atoms with Crippen LogP contribution in [0.25, 0.3) is 10.9 Å². The summed E-state index contributed by atoms with van der Waals surface area (Å²) in [6.45, 7) is 0.683. The first-order valence-electron chi connectivity index (χ1n) is 9.48. The Morgan fingerprint density at radius 3 is 2.81 bits per heavy atom. The van der Waals surface area contributed by atoms with E-state index in [0.29, 0.717) is 13.0 Å². The third-order valence-electron chi connectivity index (χ3n) is 5.22. The Hall–Kier alpha value is -2.34. The highest BCUT2D eigenvalue weighted by atomic mass is 16.5. The van der Waals surface area contributed by atoms with E-state index in [0.717, 1.165) is 50.5 Å². The molecular weight excluding hydrogens is 330 g/mol. The summed E-state index contributed by atoms with van der Waals surface area (Å²) in [4.78, 5) is 26.9. The summed E-state index contributed by atoms with van der Waals surface area (Å²) in [6.07, 6.45) is 6.53. The molecule has 1 aliphatic carbocycles. The number of carbonyl (C=O) groups is 2. The van der Waals surface area contributed by atoms with Gasteiger partial charge in [0.25, 0.3) is 0 Å². The maximum Gasteiger partial charge on any atom is 0.243 e. The molecular formula is C20H27N3O3. The molecule has 1 unspecified atom stereocenters. The summed E-state index contributed by atoms with van der Waals surface area (Å²) in [6, 6.07) is 8.30. The number of unbranched alkanes of at least 4 members (excludes halogenated alkanes) is 3. The van der Waals surface area contributed by atoms with Crippen molar-refractivity contribution in [1.82, 2.24) is 15.8 Å². The van der Waals surface area contributed by atoms with Gasteiger partial charge < -0.3 is 10.3 Å². The molecule has 2 aromatic rings. The van der Waals surface area contributed by atoms with Crippen LogP contribution in [0, 0.1) is 5.92 Å². The second-order valence-corrected chi connectivity index (χ2v) is 7.06. The molecule has 0 radical (unpaired) electrons. The molecule has 1 aliphatic rings. The first kappa shape index (κ1) is 18.5. The molecule has 3 rings (SSSR count). The largest absolute Gasteiger partial charge is 0.358 e. The normalized spacial score (nSPS) is 16.3. The SMILES string of the molecule is O=C(CCCCCCNC(=O)C1CCc2[nH]c3ccccc3c2C1)NO. The first-order chi connectivity index (χ1) is 12.7. The van der Waals surface area contributed by atoms with Crippen LogP contribution in [0.3, 0.4) is 0 Å². The maximum atomic E-state index is 12.5. The van der Waals surface area contributed by atoms with Gasteiger partial charge in [-0.25, -0.2) is 5.48 Å². The fraction of sp³-hybridized carbons (Fsp3) is 0.500. The zero-order valence-corrected chi connectivity index (χ0v) is 15.0. The van der Waals surface area contributed by atoms with E-state index in [9.17, 15) is 9.59 Å². The van der Waals surface area contributed by atoms with Crippen LogP contribution >= 0.6 is 0 Å². The third kappa shape index (κ3) is 4.43. The van der Waals surface area contributed by atoms with Gasteiger partial charge in [0, 0.05) is 35.5 Å². The summed E-state index contributed by atoms with van der Waals surface area (Å²) in [7, 11) is 0. The van der Waals surface area contributed by atoms with E-state index in [1.54, 1.807) is 5.48 Å². The number of aryl methyl sites for hydroxylation is 1. The van der Waals surface area contributed by atoms with Gasteiger partial charge in [0.05, 0.1) is 0 Å². The molecule has 0 bridgehead atoms. The minimum atomic E-state index is -0.341. The van der Waals surface area contributed by atoms with E-state index in [2.05, 4.69) is 22.4 Å². The summed E-state index contributed by atoms with van der Waals surface area (Å²) < 4.78 is 0. The Bertz CT molecular complexity index is 769. The van der Waals surface area contributed by atoms with Crippen molar-refractivity contribution in [3.63, 3.8) is 0 Å². The molecule has 6 heteroatoms. The average Bonchev–Trinajstić information content (AvgIpc) is 3.04. The highest BCUT2D eigenvalue weighted by Gasteiger charge is 2.26. The van der Waals surface area contributed by atoms with Crippen LogP contribution in [0.15, 0.2) is 24.3 Å². The molecule has 0 spiro atoms. The number of aromatic amines is 1. The highest BCUT2D eigenvalue weighted by molar-refractivity contribution is 5.87. The number of hydrogen-bond donors (Lipinski definition) is 4. The number of fused-ring (bicyclic) bond motifs is 3. The lowest BCUT2D eigenvalue weighted by Gasteiger charge is -2.21. The van der Waals surface area contributed by atoms with Gasteiger partial charge in [0.2, 0.25) is 11.8 Å². The number of hydrogen-bond acceptors (Lipinski definition) is 3. The molecule has 0 saturated carbocycles. The van der Waals surface area contributed by atoms with Gasteiger partial charge in [-0.2, -0.15) is 0 Å². The molecule has 6 nitrogen and oxygen atoms in total. The Morgan fingerprint density at radius 1 is 1.15 bits per heavy atom. The van der Waals surface area contributed by atoms with Crippen molar-refractivity contribution in [2.45, 2.75) is 51.4 Å². The zero-order valence-electron chi connectivity index (χ0n) is 15.0. The number of nitrogens with one attached hydrogen (secondary N) is 3. The van der Waals surface area contributed by atoms with Crippen molar-refractivity contribution in [1.29, 1.82) is 0 Å². The summed E-state index contributed by atoms with van der Waals surface area (Å²) in [5, 5.41) is 12.7. The van der Waals surface area contributed by atoms with E-state index in [1.807, 2.05) is 12.1 Å². The summed E-state index contributed by atoms with van der Waals surface area (Å²) in [5.41, 5.74) is 5.38.